The fourth-order valence-electron chi connectivity index (χ4n) is 4.13. The summed E-state index contributed by atoms with van der Waals surface area (Å²) < 4.78 is 0. The van der Waals surface area contributed by atoms with Crippen LogP contribution in [0.5, 0.6) is 0 Å². The van der Waals surface area contributed by atoms with Gasteiger partial charge in [-0.1, -0.05) is 35.9 Å². The van der Waals surface area contributed by atoms with Crippen molar-refractivity contribution >= 4 is 39.9 Å². The zero-order chi connectivity index (χ0) is 20.4. The number of anilines is 2. The zero-order valence-corrected chi connectivity index (χ0v) is 17.3. The predicted octanol–water partition coefficient (Wildman–Crippen LogP) is 3.82. The molecule has 7 heteroatoms. The lowest BCUT2D eigenvalue weighted by Gasteiger charge is -2.45. The van der Waals surface area contributed by atoms with Crippen LogP contribution in [0, 0.1) is 0 Å². The van der Waals surface area contributed by atoms with E-state index in [4.69, 9.17) is 11.6 Å². The average molecular weight is 410 g/mol. The number of fused-ring (bicyclic) bond motifs is 1. The van der Waals surface area contributed by atoms with Gasteiger partial charge in [-0.25, -0.2) is 9.97 Å². The van der Waals surface area contributed by atoms with Crippen LogP contribution >= 0.6 is 11.6 Å². The predicted molar refractivity (Wildman–Crippen MR) is 117 cm³/mol. The number of hydrogen-bond donors (Lipinski definition) is 1. The summed E-state index contributed by atoms with van der Waals surface area (Å²) in [6, 6.07) is 15.8. The topological polar surface area (TPSA) is 61.4 Å². The van der Waals surface area contributed by atoms with Crippen molar-refractivity contribution < 1.29 is 4.79 Å². The number of carbonyl (C=O) groups excluding carboxylic acids is 1. The first kappa shape index (κ1) is 19.6. The molecule has 0 bridgehead atoms. The summed E-state index contributed by atoms with van der Waals surface area (Å²) in [7, 11) is 0. The normalized spacial score (nSPS) is 20.0. The first-order valence-corrected chi connectivity index (χ1v) is 10.2. The Labute approximate surface area is 175 Å². The molecule has 0 aliphatic carbocycles. The average Bonchev–Trinajstić information content (AvgIpc) is 2.69. The second-order valence-corrected chi connectivity index (χ2v) is 7.95. The van der Waals surface area contributed by atoms with Crippen LogP contribution in [0.15, 0.2) is 54.9 Å². The number of nitrogens with zero attached hydrogens (tertiary/aromatic N) is 4. The molecule has 2 atom stereocenters. The molecule has 1 aliphatic heterocycles. The van der Waals surface area contributed by atoms with Crippen molar-refractivity contribution in [2.45, 2.75) is 25.9 Å². The van der Waals surface area contributed by atoms with E-state index in [1.165, 1.54) is 0 Å². The Morgan fingerprint density at radius 2 is 1.76 bits per heavy atom. The second-order valence-electron chi connectivity index (χ2n) is 7.54. The molecule has 6 nitrogen and oxygen atoms in total. The minimum absolute atomic E-state index is 0.0570. The maximum atomic E-state index is 12.5. The van der Waals surface area contributed by atoms with Gasteiger partial charge in [0.25, 0.3) is 0 Å². The van der Waals surface area contributed by atoms with Gasteiger partial charge in [0.1, 0.15) is 12.1 Å². The van der Waals surface area contributed by atoms with Gasteiger partial charge in [-0.05, 0) is 38.1 Å². The summed E-state index contributed by atoms with van der Waals surface area (Å²) in [4.78, 5) is 26.0. The van der Waals surface area contributed by atoms with Crippen LogP contribution in [-0.4, -0.2) is 52.5 Å². The molecule has 1 fully saturated rings. The number of nitrogens with one attached hydrogen (secondary N) is 1. The SMILES string of the molecule is CC1CN(CC(=O)Nc2ccccc2Cl)CC(C)N1c1ncnc2ccccc12. The zero-order valence-electron chi connectivity index (χ0n) is 16.5. The number of rotatable bonds is 4. The standard InChI is InChI=1S/C22H24ClN5O/c1-15-11-27(13-21(29)26-20-10-6-4-8-18(20)23)12-16(2)28(15)22-17-7-3-5-9-19(17)24-14-25-22/h3-10,14-16H,11-13H2,1-2H3,(H,26,29). The van der Waals surface area contributed by atoms with Crippen LogP contribution in [-0.2, 0) is 4.79 Å². The van der Waals surface area contributed by atoms with Crippen LogP contribution in [0.1, 0.15) is 13.8 Å². The van der Waals surface area contributed by atoms with Gasteiger partial charge in [0.15, 0.2) is 0 Å². The van der Waals surface area contributed by atoms with Gasteiger partial charge in [0, 0.05) is 30.6 Å². The second kappa shape index (κ2) is 8.35. The quantitative estimate of drug-likeness (QED) is 0.709. The van der Waals surface area contributed by atoms with E-state index in [1.807, 2.05) is 36.4 Å². The van der Waals surface area contributed by atoms with Crippen molar-refractivity contribution in [3.05, 3.63) is 59.9 Å². The molecule has 2 heterocycles. The Bertz CT molecular complexity index is 1010. The number of aromatic nitrogens is 2. The Balaban J connectivity index is 1.46. The molecule has 1 saturated heterocycles. The molecule has 0 spiro atoms. The third kappa shape index (κ3) is 4.18. The molecule has 1 amide bonds. The number of carbonyl (C=O) groups is 1. The molecule has 0 radical (unpaired) electrons. The van der Waals surface area contributed by atoms with Crippen molar-refractivity contribution in [3.8, 4) is 0 Å². The summed E-state index contributed by atoms with van der Waals surface area (Å²) in [5, 5.41) is 4.51. The van der Waals surface area contributed by atoms with E-state index < -0.39 is 0 Å². The van der Waals surface area contributed by atoms with Gasteiger partial charge in [0.05, 0.1) is 22.8 Å². The van der Waals surface area contributed by atoms with Crippen LogP contribution in [0.3, 0.4) is 0 Å². The van der Waals surface area contributed by atoms with Crippen LogP contribution in [0.25, 0.3) is 10.9 Å². The van der Waals surface area contributed by atoms with Crippen molar-refractivity contribution in [2.75, 3.05) is 29.9 Å². The molecule has 2 unspecified atom stereocenters. The fourth-order valence-corrected chi connectivity index (χ4v) is 4.31. The Kier molecular flexibility index (Phi) is 5.65. The van der Waals surface area contributed by atoms with Gasteiger partial charge < -0.3 is 10.2 Å². The maximum Gasteiger partial charge on any atom is 0.238 e. The minimum atomic E-state index is -0.0570. The van der Waals surface area contributed by atoms with Crippen molar-refractivity contribution in [3.63, 3.8) is 0 Å². The summed E-state index contributed by atoms with van der Waals surface area (Å²) >= 11 is 6.15. The Hall–Kier alpha value is -2.70. The highest BCUT2D eigenvalue weighted by Crippen LogP contribution is 2.29. The molecule has 29 heavy (non-hydrogen) atoms. The molecule has 3 aromatic rings. The van der Waals surface area contributed by atoms with Crippen LogP contribution in [0.4, 0.5) is 11.5 Å². The number of hydrogen-bond acceptors (Lipinski definition) is 5. The highest BCUT2D eigenvalue weighted by atomic mass is 35.5. The van der Waals surface area contributed by atoms with E-state index in [9.17, 15) is 4.79 Å². The number of piperazine rings is 1. The Morgan fingerprint density at radius 3 is 2.52 bits per heavy atom. The summed E-state index contributed by atoms with van der Waals surface area (Å²) in [5.41, 5.74) is 1.59. The van der Waals surface area contributed by atoms with Crippen molar-refractivity contribution in [1.82, 2.24) is 14.9 Å². The third-order valence-corrected chi connectivity index (χ3v) is 5.61. The van der Waals surface area contributed by atoms with Gasteiger partial charge in [0.2, 0.25) is 5.91 Å². The van der Waals surface area contributed by atoms with Crippen LogP contribution in [0.2, 0.25) is 5.02 Å². The van der Waals surface area contributed by atoms with E-state index in [1.54, 1.807) is 12.4 Å². The molecule has 1 N–H and O–H groups in total. The van der Waals surface area contributed by atoms with Gasteiger partial charge in [-0.15, -0.1) is 0 Å². The highest BCUT2D eigenvalue weighted by Gasteiger charge is 2.32. The molecule has 1 aromatic heterocycles. The molecule has 4 rings (SSSR count). The lowest BCUT2D eigenvalue weighted by molar-refractivity contribution is -0.117. The molecular weight excluding hydrogens is 386 g/mol. The third-order valence-electron chi connectivity index (χ3n) is 5.28. The summed E-state index contributed by atoms with van der Waals surface area (Å²) in [5.74, 6) is 0.897. The Morgan fingerprint density at radius 1 is 1.07 bits per heavy atom. The highest BCUT2D eigenvalue weighted by molar-refractivity contribution is 6.33. The van der Waals surface area contributed by atoms with Gasteiger partial charge >= 0.3 is 0 Å². The van der Waals surface area contributed by atoms with Crippen molar-refractivity contribution in [2.24, 2.45) is 0 Å². The van der Waals surface area contributed by atoms with Crippen LogP contribution < -0.4 is 10.2 Å². The van der Waals surface area contributed by atoms with E-state index in [0.717, 1.165) is 29.8 Å². The van der Waals surface area contributed by atoms with Gasteiger partial charge in [-0.2, -0.15) is 0 Å². The lowest BCUT2D eigenvalue weighted by atomic mass is 10.1. The largest absolute Gasteiger partial charge is 0.348 e. The fraction of sp³-hybridized carbons (Fsp3) is 0.318. The summed E-state index contributed by atoms with van der Waals surface area (Å²) in [6.07, 6.45) is 1.63. The smallest absolute Gasteiger partial charge is 0.238 e. The molecular formula is C22H24ClN5O. The molecule has 2 aromatic carbocycles. The van der Waals surface area contributed by atoms with Gasteiger partial charge in [-0.3, -0.25) is 9.69 Å². The van der Waals surface area contributed by atoms with E-state index in [0.29, 0.717) is 17.3 Å². The van der Waals surface area contributed by atoms with Crippen molar-refractivity contribution in [1.29, 1.82) is 0 Å². The van der Waals surface area contributed by atoms with E-state index in [-0.39, 0.29) is 18.0 Å². The minimum Gasteiger partial charge on any atom is -0.348 e. The number of halogens is 1. The van der Waals surface area contributed by atoms with E-state index in [2.05, 4.69) is 45.0 Å². The number of para-hydroxylation sites is 2. The summed E-state index contributed by atoms with van der Waals surface area (Å²) in [6.45, 7) is 6.23. The maximum absolute atomic E-state index is 12.5. The first-order valence-electron chi connectivity index (χ1n) is 9.77. The van der Waals surface area contributed by atoms with E-state index >= 15 is 0 Å². The number of amides is 1. The molecule has 0 saturated carbocycles. The number of benzene rings is 2. The lowest BCUT2D eigenvalue weighted by Crippen LogP contribution is -2.58. The molecule has 1 aliphatic rings. The first-order chi connectivity index (χ1) is 14.0. The monoisotopic (exact) mass is 409 g/mol. The molecule has 150 valence electrons.